The van der Waals surface area contributed by atoms with Crippen LogP contribution < -0.4 is 4.72 Å². The van der Waals surface area contributed by atoms with Crippen LogP contribution in [0.4, 0.5) is 4.39 Å². The first-order valence-electron chi connectivity index (χ1n) is 8.60. The summed E-state index contributed by atoms with van der Waals surface area (Å²) in [6.07, 6.45) is 1.54. The maximum absolute atomic E-state index is 14.0. The summed E-state index contributed by atoms with van der Waals surface area (Å²) < 4.78 is 42.3. The Morgan fingerprint density at radius 1 is 1.10 bits per heavy atom. The lowest BCUT2D eigenvalue weighted by atomic mass is 10.2. The molecule has 12 heteroatoms. The summed E-state index contributed by atoms with van der Waals surface area (Å²) in [6, 6.07) is 7.75. The Morgan fingerprint density at radius 2 is 1.77 bits per heavy atom. The standard InChI is InChI=1S/C18H12Cl3FN4O3S/c19-10-4-6-14(12(21)7-10)26-17(9-1-2-9)16(23-25-26)18(27)24-30(28,29)15-8-11(20)3-5-13(15)22/h3-9H,1-2H2,(H,24,27). The molecule has 3 aromatic rings. The van der Waals surface area contributed by atoms with Crippen molar-refractivity contribution in [2.45, 2.75) is 23.7 Å². The van der Waals surface area contributed by atoms with E-state index in [9.17, 15) is 17.6 Å². The van der Waals surface area contributed by atoms with Crippen LogP contribution in [0.5, 0.6) is 0 Å². The van der Waals surface area contributed by atoms with Gasteiger partial charge in [0, 0.05) is 16.0 Å². The number of hydrogen-bond donors (Lipinski definition) is 1. The van der Waals surface area contributed by atoms with Crippen LogP contribution >= 0.6 is 34.8 Å². The summed E-state index contributed by atoms with van der Waals surface area (Å²) in [5.41, 5.74) is 0.672. The quantitative estimate of drug-likeness (QED) is 0.575. The Labute approximate surface area is 185 Å². The number of hydrogen-bond acceptors (Lipinski definition) is 5. The number of carbonyl (C=O) groups is 1. The van der Waals surface area contributed by atoms with Crippen molar-refractivity contribution < 1.29 is 17.6 Å². The molecule has 30 heavy (non-hydrogen) atoms. The Balaban J connectivity index is 1.72. The molecule has 4 rings (SSSR count). The molecule has 1 N–H and O–H groups in total. The molecule has 7 nitrogen and oxygen atoms in total. The van der Waals surface area contributed by atoms with E-state index in [2.05, 4.69) is 10.3 Å². The van der Waals surface area contributed by atoms with E-state index >= 15 is 0 Å². The minimum Gasteiger partial charge on any atom is -0.266 e. The molecule has 1 aromatic heterocycles. The molecule has 1 aliphatic carbocycles. The van der Waals surface area contributed by atoms with Crippen LogP contribution in [-0.4, -0.2) is 29.3 Å². The van der Waals surface area contributed by atoms with E-state index in [0.717, 1.165) is 25.0 Å². The molecule has 2 aromatic carbocycles. The van der Waals surface area contributed by atoms with Gasteiger partial charge in [-0.25, -0.2) is 22.2 Å². The number of benzene rings is 2. The van der Waals surface area contributed by atoms with Crippen LogP contribution in [0.1, 0.15) is 34.9 Å². The van der Waals surface area contributed by atoms with E-state index in [1.54, 1.807) is 12.1 Å². The topological polar surface area (TPSA) is 93.9 Å². The number of rotatable bonds is 5. The van der Waals surface area contributed by atoms with E-state index < -0.39 is 26.6 Å². The van der Waals surface area contributed by atoms with Crippen LogP contribution in [0.15, 0.2) is 41.3 Å². The van der Waals surface area contributed by atoms with Gasteiger partial charge < -0.3 is 0 Å². The first kappa shape index (κ1) is 21.0. The molecule has 1 aliphatic rings. The fourth-order valence-corrected chi connectivity index (χ4v) is 4.70. The summed E-state index contributed by atoms with van der Waals surface area (Å²) in [7, 11) is -4.53. The van der Waals surface area contributed by atoms with E-state index in [-0.39, 0.29) is 21.7 Å². The Morgan fingerprint density at radius 3 is 2.43 bits per heavy atom. The van der Waals surface area contributed by atoms with Crippen molar-refractivity contribution in [2.24, 2.45) is 0 Å². The number of carbonyl (C=O) groups excluding carboxylic acids is 1. The van der Waals surface area contributed by atoms with Gasteiger partial charge in [-0.15, -0.1) is 5.10 Å². The minimum absolute atomic E-state index is 0.00576. The lowest BCUT2D eigenvalue weighted by molar-refractivity contribution is 0.0975. The third-order valence-corrected chi connectivity index (χ3v) is 6.55. The second-order valence-electron chi connectivity index (χ2n) is 6.61. The molecule has 0 unspecified atom stereocenters. The molecule has 0 atom stereocenters. The van der Waals surface area contributed by atoms with Gasteiger partial charge in [0.15, 0.2) is 5.69 Å². The first-order valence-corrected chi connectivity index (χ1v) is 11.2. The molecular weight excluding hydrogens is 478 g/mol. The van der Waals surface area contributed by atoms with Gasteiger partial charge in [-0.05, 0) is 49.2 Å². The smallest absolute Gasteiger partial charge is 0.266 e. The number of nitrogens with one attached hydrogen (secondary N) is 1. The van der Waals surface area contributed by atoms with Crippen molar-refractivity contribution in [3.05, 3.63) is 68.7 Å². The highest BCUT2D eigenvalue weighted by Gasteiger charge is 2.36. The van der Waals surface area contributed by atoms with Crippen molar-refractivity contribution in [3.63, 3.8) is 0 Å². The van der Waals surface area contributed by atoms with Gasteiger partial charge in [-0.3, -0.25) is 4.79 Å². The van der Waals surface area contributed by atoms with E-state index in [0.29, 0.717) is 16.4 Å². The molecule has 1 saturated carbocycles. The van der Waals surface area contributed by atoms with E-state index in [1.165, 1.54) is 16.8 Å². The Kier molecular flexibility index (Phi) is 5.48. The molecule has 156 valence electrons. The highest BCUT2D eigenvalue weighted by atomic mass is 35.5. The zero-order valence-corrected chi connectivity index (χ0v) is 18.0. The van der Waals surface area contributed by atoms with Crippen LogP contribution in [0.2, 0.25) is 15.1 Å². The van der Waals surface area contributed by atoms with Crippen molar-refractivity contribution in [3.8, 4) is 5.69 Å². The van der Waals surface area contributed by atoms with Crippen LogP contribution in [0, 0.1) is 5.82 Å². The SMILES string of the molecule is O=C(NS(=O)(=O)c1cc(Cl)ccc1F)c1nnn(-c2ccc(Cl)cc2Cl)c1C1CC1. The van der Waals surface area contributed by atoms with Gasteiger partial charge in [0.25, 0.3) is 15.9 Å². The zero-order valence-electron chi connectivity index (χ0n) is 14.9. The fraction of sp³-hybridized carbons (Fsp3) is 0.167. The maximum Gasteiger partial charge on any atom is 0.287 e. The zero-order chi connectivity index (χ0) is 21.6. The monoisotopic (exact) mass is 488 g/mol. The molecule has 0 radical (unpaired) electrons. The van der Waals surface area contributed by atoms with Gasteiger partial charge in [-0.2, -0.15) is 0 Å². The van der Waals surface area contributed by atoms with E-state index in [4.69, 9.17) is 34.8 Å². The van der Waals surface area contributed by atoms with Gasteiger partial charge in [0.05, 0.1) is 16.4 Å². The summed E-state index contributed by atoms with van der Waals surface area (Å²) in [5, 5.41) is 8.56. The lowest BCUT2D eigenvalue weighted by Crippen LogP contribution is -2.32. The summed E-state index contributed by atoms with van der Waals surface area (Å²) in [6.45, 7) is 0. The third kappa shape index (κ3) is 4.02. The van der Waals surface area contributed by atoms with Crippen LogP contribution in [0.3, 0.4) is 0 Å². The van der Waals surface area contributed by atoms with Gasteiger partial charge in [-0.1, -0.05) is 40.0 Å². The van der Waals surface area contributed by atoms with Crippen molar-refractivity contribution in [1.29, 1.82) is 0 Å². The Hall–Kier alpha value is -2.20. The highest BCUT2D eigenvalue weighted by molar-refractivity contribution is 7.90. The number of halogens is 4. The Bertz CT molecular complexity index is 1280. The molecule has 0 bridgehead atoms. The minimum atomic E-state index is -4.53. The van der Waals surface area contributed by atoms with Crippen molar-refractivity contribution >= 4 is 50.7 Å². The molecule has 0 saturated heterocycles. The highest BCUT2D eigenvalue weighted by Crippen LogP contribution is 2.42. The first-order chi connectivity index (χ1) is 14.2. The van der Waals surface area contributed by atoms with Crippen molar-refractivity contribution in [2.75, 3.05) is 0 Å². The molecule has 0 spiro atoms. The lowest BCUT2D eigenvalue weighted by Gasteiger charge is -2.10. The molecule has 1 fully saturated rings. The van der Waals surface area contributed by atoms with Crippen LogP contribution in [-0.2, 0) is 10.0 Å². The molecule has 0 aliphatic heterocycles. The fourth-order valence-electron chi connectivity index (χ4n) is 2.91. The summed E-state index contributed by atoms with van der Waals surface area (Å²) in [4.78, 5) is 12.0. The average molecular weight is 490 g/mol. The van der Waals surface area contributed by atoms with E-state index in [1.807, 2.05) is 4.72 Å². The number of aromatic nitrogens is 3. The van der Waals surface area contributed by atoms with Crippen LogP contribution in [0.25, 0.3) is 5.69 Å². The maximum atomic E-state index is 14.0. The average Bonchev–Trinajstić information content (AvgIpc) is 3.41. The van der Waals surface area contributed by atoms with Gasteiger partial charge in [0.2, 0.25) is 0 Å². The largest absolute Gasteiger partial charge is 0.287 e. The molecule has 1 amide bonds. The second-order valence-corrected chi connectivity index (χ2v) is 9.55. The number of nitrogens with zero attached hydrogens (tertiary/aromatic N) is 3. The summed E-state index contributed by atoms with van der Waals surface area (Å²) >= 11 is 17.9. The summed E-state index contributed by atoms with van der Waals surface area (Å²) in [5.74, 6) is -2.12. The molecular formula is C18H12Cl3FN4O3S. The number of amides is 1. The van der Waals surface area contributed by atoms with Crippen molar-refractivity contribution in [1.82, 2.24) is 19.7 Å². The predicted octanol–water partition coefficient (Wildman–Crippen LogP) is 4.36. The van der Waals surface area contributed by atoms with Gasteiger partial charge in [0.1, 0.15) is 10.7 Å². The van der Waals surface area contributed by atoms with Gasteiger partial charge >= 0.3 is 0 Å². The number of sulfonamides is 1. The second kappa shape index (κ2) is 7.81. The molecule has 1 heterocycles. The normalized spacial score (nSPS) is 14.0. The third-order valence-electron chi connectivity index (χ3n) is 4.43. The predicted molar refractivity (Wildman–Crippen MR) is 109 cm³/mol.